The molecule has 0 aliphatic carbocycles. The second kappa shape index (κ2) is 5.76. The summed E-state index contributed by atoms with van der Waals surface area (Å²) in [7, 11) is 0. The van der Waals surface area contributed by atoms with Crippen LogP contribution in [0.1, 0.15) is 16.7 Å². The molecule has 1 aromatic heterocycles. The van der Waals surface area contributed by atoms with Gasteiger partial charge >= 0.3 is 0 Å². The smallest absolute Gasteiger partial charge is 0.212 e. The molecular weight excluding hydrogens is 253 g/mol. The van der Waals surface area contributed by atoms with Crippen LogP contribution in [0.3, 0.4) is 0 Å². The predicted molar refractivity (Wildman–Crippen MR) is 70.5 cm³/mol. The van der Waals surface area contributed by atoms with Crippen LogP contribution in [-0.4, -0.2) is 10.1 Å². The van der Waals surface area contributed by atoms with Crippen molar-refractivity contribution in [2.45, 2.75) is 6.61 Å². The molecule has 4 heteroatoms. The Balaban J connectivity index is 2.25. The SMILES string of the molecule is OCc1cc(Cl)ccc1/C=C/c1ccc(F)nc1. The molecule has 1 aromatic carbocycles. The van der Waals surface area contributed by atoms with Gasteiger partial charge in [0.05, 0.1) is 6.61 Å². The Bertz CT molecular complexity index is 567. The van der Waals surface area contributed by atoms with Crippen LogP contribution in [0.5, 0.6) is 0 Å². The summed E-state index contributed by atoms with van der Waals surface area (Å²) in [6.45, 7) is -0.0814. The third-order valence-electron chi connectivity index (χ3n) is 2.48. The summed E-state index contributed by atoms with van der Waals surface area (Å²) in [5.41, 5.74) is 2.40. The Kier molecular flexibility index (Phi) is 4.07. The Labute approximate surface area is 109 Å². The summed E-state index contributed by atoms with van der Waals surface area (Å²) in [5.74, 6) is -0.505. The van der Waals surface area contributed by atoms with Gasteiger partial charge in [-0.1, -0.05) is 29.8 Å². The van der Waals surface area contributed by atoms with E-state index < -0.39 is 5.95 Å². The topological polar surface area (TPSA) is 33.1 Å². The molecule has 0 saturated carbocycles. The van der Waals surface area contributed by atoms with E-state index in [0.717, 1.165) is 16.7 Å². The second-order valence-corrected chi connectivity index (χ2v) is 4.19. The highest BCUT2D eigenvalue weighted by Crippen LogP contribution is 2.18. The average Bonchev–Trinajstić information content (AvgIpc) is 2.39. The van der Waals surface area contributed by atoms with Crippen molar-refractivity contribution in [1.82, 2.24) is 4.98 Å². The van der Waals surface area contributed by atoms with Gasteiger partial charge in [-0.3, -0.25) is 0 Å². The van der Waals surface area contributed by atoms with Crippen molar-refractivity contribution in [3.05, 3.63) is 64.2 Å². The largest absolute Gasteiger partial charge is 0.392 e. The van der Waals surface area contributed by atoms with E-state index in [1.807, 2.05) is 12.1 Å². The van der Waals surface area contributed by atoms with Crippen LogP contribution < -0.4 is 0 Å². The van der Waals surface area contributed by atoms with Crippen molar-refractivity contribution in [2.75, 3.05) is 0 Å². The summed E-state index contributed by atoms with van der Waals surface area (Å²) >= 11 is 5.84. The van der Waals surface area contributed by atoms with E-state index >= 15 is 0 Å². The quantitative estimate of drug-likeness (QED) is 0.860. The zero-order chi connectivity index (χ0) is 13.0. The summed E-state index contributed by atoms with van der Waals surface area (Å²) in [6.07, 6.45) is 5.08. The zero-order valence-electron chi connectivity index (χ0n) is 9.48. The molecule has 0 fully saturated rings. The lowest BCUT2D eigenvalue weighted by molar-refractivity contribution is 0.281. The van der Waals surface area contributed by atoms with Crippen LogP contribution in [0, 0.1) is 5.95 Å². The normalized spacial score (nSPS) is 11.1. The Morgan fingerprint density at radius 1 is 1.22 bits per heavy atom. The first-order valence-electron chi connectivity index (χ1n) is 5.38. The molecule has 0 radical (unpaired) electrons. The van der Waals surface area contributed by atoms with Gasteiger partial charge < -0.3 is 5.11 Å². The van der Waals surface area contributed by atoms with Gasteiger partial charge in [-0.25, -0.2) is 4.98 Å². The van der Waals surface area contributed by atoms with Gasteiger partial charge in [-0.2, -0.15) is 4.39 Å². The van der Waals surface area contributed by atoms with Crippen LogP contribution in [0.25, 0.3) is 12.2 Å². The first-order valence-corrected chi connectivity index (χ1v) is 5.76. The Hall–Kier alpha value is -1.71. The number of pyridine rings is 1. The molecule has 0 bridgehead atoms. The minimum atomic E-state index is -0.505. The summed E-state index contributed by atoms with van der Waals surface area (Å²) in [4.78, 5) is 3.56. The minimum Gasteiger partial charge on any atom is -0.392 e. The molecule has 1 heterocycles. The van der Waals surface area contributed by atoms with Gasteiger partial charge in [0.25, 0.3) is 0 Å². The average molecular weight is 264 g/mol. The van der Waals surface area contributed by atoms with E-state index in [0.29, 0.717) is 5.02 Å². The molecule has 18 heavy (non-hydrogen) atoms. The molecule has 0 aliphatic rings. The molecule has 92 valence electrons. The number of rotatable bonds is 3. The lowest BCUT2D eigenvalue weighted by atomic mass is 10.1. The Morgan fingerprint density at radius 3 is 2.72 bits per heavy atom. The lowest BCUT2D eigenvalue weighted by Crippen LogP contribution is -1.88. The van der Waals surface area contributed by atoms with Crippen LogP contribution in [0.2, 0.25) is 5.02 Å². The molecule has 0 aliphatic heterocycles. The maximum atomic E-state index is 12.6. The van der Waals surface area contributed by atoms with Crippen molar-refractivity contribution < 1.29 is 9.50 Å². The molecule has 0 atom stereocenters. The summed E-state index contributed by atoms with van der Waals surface area (Å²) < 4.78 is 12.6. The van der Waals surface area contributed by atoms with Crippen molar-refractivity contribution >= 4 is 23.8 Å². The number of aliphatic hydroxyl groups excluding tert-OH is 1. The van der Waals surface area contributed by atoms with Crippen LogP contribution >= 0.6 is 11.6 Å². The first kappa shape index (κ1) is 12.7. The van der Waals surface area contributed by atoms with Gasteiger partial charge in [-0.05, 0) is 41.0 Å². The highest BCUT2D eigenvalue weighted by molar-refractivity contribution is 6.30. The molecule has 1 N–H and O–H groups in total. The number of hydrogen-bond acceptors (Lipinski definition) is 2. The zero-order valence-corrected chi connectivity index (χ0v) is 10.2. The van der Waals surface area contributed by atoms with Gasteiger partial charge in [-0.15, -0.1) is 0 Å². The van der Waals surface area contributed by atoms with Crippen molar-refractivity contribution in [3.63, 3.8) is 0 Å². The highest BCUT2D eigenvalue weighted by atomic mass is 35.5. The van der Waals surface area contributed by atoms with E-state index in [4.69, 9.17) is 11.6 Å². The molecule has 2 nitrogen and oxygen atoms in total. The van der Waals surface area contributed by atoms with Crippen LogP contribution in [-0.2, 0) is 6.61 Å². The van der Waals surface area contributed by atoms with Crippen molar-refractivity contribution in [1.29, 1.82) is 0 Å². The van der Waals surface area contributed by atoms with E-state index in [9.17, 15) is 9.50 Å². The number of aromatic nitrogens is 1. The van der Waals surface area contributed by atoms with E-state index in [-0.39, 0.29) is 6.61 Å². The number of hydrogen-bond donors (Lipinski definition) is 1. The fraction of sp³-hybridized carbons (Fsp3) is 0.0714. The standard InChI is InChI=1S/C14H11ClFNO/c15-13-5-4-11(12(7-13)9-18)3-1-10-2-6-14(16)17-8-10/h1-8,18H,9H2/b3-1+. The fourth-order valence-corrected chi connectivity index (χ4v) is 1.74. The molecule has 2 aromatic rings. The summed E-state index contributed by atoms with van der Waals surface area (Å²) in [6, 6.07) is 8.22. The third kappa shape index (κ3) is 3.15. The highest BCUT2D eigenvalue weighted by Gasteiger charge is 1.99. The van der Waals surface area contributed by atoms with Gasteiger partial charge in [0.1, 0.15) is 0 Å². The van der Waals surface area contributed by atoms with E-state index in [1.54, 1.807) is 24.3 Å². The fourth-order valence-electron chi connectivity index (χ4n) is 1.55. The second-order valence-electron chi connectivity index (χ2n) is 3.75. The van der Waals surface area contributed by atoms with Gasteiger partial charge in [0, 0.05) is 11.2 Å². The molecule has 0 amide bonds. The lowest BCUT2D eigenvalue weighted by Gasteiger charge is -2.03. The van der Waals surface area contributed by atoms with E-state index in [2.05, 4.69) is 4.98 Å². The van der Waals surface area contributed by atoms with Gasteiger partial charge in [0.15, 0.2) is 0 Å². The molecular formula is C14H11ClFNO. The number of aliphatic hydroxyl groups is 1. The Morgan fingerprint density at radius 2 is 2.06 bits per heavy atom. The van der Waals surface area contributed by atoms with Crippen LogP contribution in [0.15, 0.2) is 36.5 Å². The third-order valence-corrected chi connectivity index (χ3v) is 2.72. The predicted octanol–water partition coefficient (Wildman–Crippen LogP) is 3.54. The monoisotopic (exact) mass is 263 g/mol. The molecule has 0 saturated heterocycles. The molecule has 0 unspecified atom stereocenters. The first-order chi connectivity index (χ1) is 8.69. The van der Waals surface area contributed by atoms with E-state index in [1.165, 1.54) is 12.3 Å². The molecule has 0 spiro atoms. The van der Waals surface area contributed by atoms with Crippen molar-refractivity contribution in [3.8, 4) is 0 Å². The van der Waals surface area contributed by atoms with Crippen LogP contribution in [0.4, 0.5) is 4.39 Å². The summed E-state index contributed by atoms with van der Waals surface area (Å²) in [5, 5.41) is 9.81. The number of nitrogens with zero attached hydrogens (tertiary/aromatic N) is 1. The maximum Gasteiger partial charge on any atom is 0.212 e. The number of halogens is 2. The number of benzene rings is 1. The van der Waals surface area contributed by atoms with Crippen molar-refractivity contribution in [2.24, 2.45) is 0 Å². The minimum absolute atomic E-state index is 0.0814. The maximum absolute atomic E-state index is 12.6. The van der Waals surface area contributed by atoms with Gasteiger partial charge in [0.2, 0.25) is 5.95 Å². The molecule has 2 rings (SSSR count).